The van der Waals surface area contributed by atoms with Crippen molar-refractivity contribution in [1.82, 2.24) is 0 Å². The maximum absolute atomic E-state index is 11.9. The Morgan fingerprint density at radius 1 is 1.44 bits per heavy atom. The molecule has 1 aromatic carbocycles. The predicted octanol–water partition coefficient (Wildman–Crippen LogP) is 3.12. The Balaban J connectivity index is 1.74. The molecule has 1 aromatic rings. The van der Waals surface area contributed by atoms with E-state index in [9.17, 15) is 4.79 Å². The van der Waals surface area contributed by atoms with E-state index in [0.717, 1.165) is 22.2 Å². The van der Waals surface area contributed by atoms with Crippen LogP contribution in [0.15, 0.2) is 22.7 Å². The zero-order valence-corrected chi connectivity index (χ0v) is 10.5. The highest BCUT2D eigenvalue weighted by Crippen LogP contribution is 2.37. The molecule has 1 aliphatic carbocycles. The molecular formula is C13H13BrO2. The number of carbonyl (C=O) groups excluding carboxylic acids is 1. The van der Waals surface area contributed by atoms with Gasteiger partial charge in [0, 0.05) is 22.9 Å². The maximum Gasteiger partial charge on any atom is 0.173 e. The van der Waals surface area contributed by atoms with Gasteiger partial charge in [0.2, 0.25) is 0 Å². The summed E-state index contributed by atoms with van der Waals surface area (Å²) in [4.78, 5) is 11.9. The van der Waals surface area contributed by atoms with Crippen molar-refractivity contribution in [3.05, 3.63) is 28.2 Å². The molecular weight excluding hydrogens is 268 g/mol. The van der Waals surface area contributed by atoms with E-state index in [1.165, 1.54) is 12.8 Å². The highest BCUT2D eigenvalue weighted by molar-refractivity contribution is 9.10. The molecule has 1 aliphatic heterocycles. The third-order valence-corrected chi connectivity index (χ3v) is 4.02. The van der Waals surface area contributed by atoms with E-state index in [1.54, 1.807) is 0 Å². The maximum atomic E-state index is 11.9. The second-order valence-electron chi connectivity index (χ2n) is 4.64. The molecule has 0 spiro atoms. The zero-order chi connectivity index (χ0) is 11.1. The monoisotopic (exact) mass is 280 g/mol. The van der Waals surface area contributed by atoms with E-state index in [0.29, 0.717) is 12.3 Å². The number of Topliss-reactive ketones (excluding diaryl/α,β-unsaturated/α-hetero) is 1. The fourth-order valence-electron chi connectivity index (χ4n) is 2.15. The Kier molecular flexibility index (Phi) is 2.51. The molecule has 1 atom stereocenters. The van der Waals surface area contributed by atoms with Gasteiger partial charge in [-0.1, -0.05) is 22.0 Å². The van der Waals surface area contributed by atoms with Crippen LogP contribution in [0.2, 0.25) is 0 Å². The minimum Gasteiger partial charge on any atom is -0.482 e. The molecule has 0 radical (unpaired) electrons. The second-order valence-corrected chi connectivity index (χ2v) is 5.50. The number of hydrogen-bond donors (Lipinski definition) is 0. The standard InChI is InChI=1S/C13H13BrO2/c14-10-2-1-3-12-9(10)7-13(16-12)11(15)6-8-4-5-8/h1-3,8,13H,4-7H2. The lowest BCUT2D eigenvalue weighted by Crippen LogP contribution is -2.25. The number of fused-ring (bicyclic) bond motifs is 1. The second kappa shape index (κ2) is 3.88. The molecule has 0 saturated heterocycles. The minimum atomic E-state index is -0.241. The van der Waals surface area contributed by atoms with Gasteiger partial charge < -0.3 is 4.74 Å². The largest absolute Gasteiger partial charge is 0.482 e. The summed E-state index contributed by atoms with van der Waals surface area (Å²) in [6.07, 6.45) is 3.62. The molecule has 0 N–H and O–H groups in total. The first-order chi connectivity index (χ1) is 7.74. The Bertz CT molecular complexity index is 438. The van der Waals surface area contributed by atoms with Gasteiger partial charge >= 0.3 is 0 Å². The minimum absolute atomic E-state index is 0.241. The van der Waals surface area contributed by atoms with Gasteiger partial charge in [-0.15, -0.1) is 0 Å². The fourth-order valence-corrected chi connectivity index (χ4v) is 2.66. The van der Waals surface area contributed by atoms with Gasteiger partial charge in [-0.3, -0.25) is 4.79 Å². The van der Waals surface area contributed by atoms with Crippen molar-refractivity contribution in [2.24, 2.45) is 5.92 Å². The van der Waals surface area contributed by atoms with Crippen molar-refractivity contribution < 1.29 is 9.53 Å². The molecule has 2 aliphatic rings. The molecule has 1 heterocycles. The Morgan fingerprint density at radius 2 is 2.25 bits per heavy atom. The highest BCUT2D eigenvalue weighted by Gasteiger charge is 2.33. The highest BCUT2D eigenvalue weighted by atomic mass is 79.9. The van der Waals surface area contributed by atoms with Crippen molar-refractivity contribution in [2.45, 2.75) is 31.8 Å². The molecule has 3 heteroatoms. The van der Waals surface area contributed by atoms with E-state index in [-0.39, 0.29) is 11.9 Å². The third kappa shape index (κ3) is 1.88. The van der Waals surface area contributed by atoms with Crippen LogP contribution in [-0.4, -0.2) is 11.9 Å². The summed E-state index contributed by atoms with van der Waals surface area (Å²) in [5, 5.41) is 0. The van der Waals surface area contributed by atoms with Crippen LogP contribution in [0.3, 0.4) is 0 Å². The van der Waals surface area contributed by atoms with E-state index in [2.05, 4.69) is 15.9 Å². The lowest BCUT2D eigenvalue weighted by Gasteiger charge is -2.08. The molecule has 2 nitrogen and oxygen atoms in total. The normalized spacial score (nSPS) is 22.7. The Labute approximate surface area is 103 Å². The Morgan fingerprint density at radius 3 is 2.94 bits per heavy atom. The van der Waals surface area contributed by atoms with Crippen molar-refractivity contribution in [3.8, 4) is 5.75 Å². The summed E-state index contributed by atoms with van der Waals surface area (Å²) in [6.45, 7) is 0. The van der Waals surface area contributed by atoms with Crippen LogP contribution >= 0.6 is 15.9 Å². The predicted molar refractivity (Wildman–Crippen MR) is 64.6 cm³/mol. The lowest BCUT2D eigenvalue weighted by atomic mass is 10.0. The smallest absolute Gasteiger partial charge is 0.173 e. The first-order valence-electron chi connectivity index (χ1n) is 5.71. The van der Waals surface area contributed by atoms with Crippen molar-refractivity contribution in [2.75, 3.05) is 0 Å². The average molecular weight is 281 g/mol. The lowest BCUT2D eigenvalue weighted by molar-refractivity contribution is -0.125. The van der Waals surface area contributed by atoms with Crippen molar-refractivity contribution in [3.63, 3.8) is 0 Å². The quantitative estimate of drug-likeness (QED) is 0.851. The van der Waals surface area contributed by atoms with Crippen molar-refractivity contribution >= 4 is 21.7 Å². The number of ether oxygens (including phenoxy) is 1. The van der Waals surface area contributed by atoms with Gasteiger partial charge in [0.1, 0.15) is 5.75 Å². The molecule has 1 unspecified atom stereocenters. The van der Waals surface area contributed by atoms with Gasteiger partial charge in [0.25, 0.3) is 0 Å². The van der Waals surface area contributed by atoms with Crippen molar-refractivity contribution in [1.29, 1.82) is 0 Å². The SMILES string of the molecule is O=C(CC1CC1)C1Cc2c(Br)cccc2O1. The van der Waals surface area contributed by atoms with Crippen LogP contribution < -0.4 is 4.74 Å². The molecule has 16 heavy (non-hydrogen) atoms. The number of halogens is 1. The van der Waals surface area contributed by atoms with Gasteiger partial charge in [0.15, 0.2) is 11.9 Å². The Hall–Kier alpha value is -0.830. The van der Waals surface area contributed by atoms with Gasteiger partial charge in [-0.25, -0.2) is 0 Å². The van der Waals surface area contributed by atoms with Crippen LogP contribution in [0.4, 0.5) is 0 Å². The molecule has 0 amide bonds. The van der Waals surface area contributed by atoms with E-state index in [1.807, 2.05) is 18.2 Å². The van der Waals surface area contributed by atoms with Crippen LogP contribution in [0.25, 0.3) is 0 Å². The van der Waals surface area contributed by atoms with Crippen LogP contribution in [0.1, 0.15) is 24.8 Å². The summed E-state index contributed by atoms with van der Waals surface area (Å²) >= 11 is 3.50. The van der Waals surface area contributed by atoms with Crippen LogP contribution in [-0.2, 0) is 11.2 Å². The van der Waals surface area contributed by atoms with Gasteiger partial charge in [0.05, 0.1) is 0 Å². The average Bonchev–Trinajstić information content (AvgIpc) is 2.95. The number of hydrogen-bond acceptors (Lipinski definition) is 2. The van der Waals surface area contributed by atoms with E-state index >= 15 is 0 Å². The first kappa shape index (κ1) is 10.3. The van der Waals surface area contributed by atoms with E-state index in [4.69, 9.17) is 4.74 Å². The summed E-state index contributed by atoms with van der Waals surface area (Å²) in [5.41, 5.74) is 1.14. The molecule has 1 fully saturated rings. The fraction of sp³-hybridized carbons (Fsp3) is 0.462. The molecule has 0 bridgehead atoms. The summed E-state index contributed by atoms with van der Waals surface area (Å²) in [5.74, 6) is 1.78. The number of rotatable bonds is 3. The first-order valence-corrected chi connectivity index (χ1v) is 6.50. The summed E-state index contributed by atoms with van der Waals surface area (Å²) in [6, 6.07) is 5.87. The van der Waals surface area contributed by atoms with Gasteiger partial charge in [-0.05, 0) is 30.9 Å². The third-order valence-electron chi connectivity index (χ3n) is 3.28. The zero-order valence-electron chi connectivity index (χ0n) is 8.91. The van der Waals surface area contributed by atoms with Gasteiger partial charge in [-0.2, -0.15) is 0 Å². The summed E-state index contributed by atoms with van der Waals surface area (Å²) in [7, 11) is 0. The molecule has 0 aromatic heterocycles. The summed E-state index contributed by atoms with van der Waals surface area (Å²) < 4.78 is 6.75. The molecule has 1 saturated carbocycles. The van der Waals surface area contributed by atoms with Crippen LogP contribution in [0, 0.1) is 5.92 Å². The molecule has 3 rings (SSSR count). The molecule has 84 valence electrons. The number of ketones is 1. The van der Waals surface area contributed by atoms with Crippen LogP contribution in [0.5, 0.6) is 5.75 Å². The topological polar surface area (TPSA) is 26.3 Å². The van der Waals surface area contributed by atoms with E-state index < -0.39 is 0 Å². The number of benzene rings is 1. The number of carbonyl (C=O) groups is 1.